The predicted octanol–water partition coefficient (Wildman–Crippen LogP) is 1.62. The van der Waals surface area contributed by atoms with Gasteiger partial charge in [-0.05, 0) is 13.8 Å². The van der Waals surface area contributed by atoms with Crippen molar-refractivity contribution in [3.8, 4) is 0 Å². The average Bonchev–Trinajstić information content (AvgIpc) is 1.97. The summed E-state index contributed by atoms with van der Waals surface area (Å²) in [6, 6.07) is 0. The lowest BCUT2D eigenvalue weighted by molar-refractivity contribution is 0.168. The van der Waals surface area contributed by atoms with Gasteiger partial charge in [-0.25, -0.2) is 0 Å². The third-order valence-corrected chi connectivity index (χ3v) is 1.00. The summed E-state index contributed by atoms with van der Waals surface area (Å²) in [6.07, 6.45) is 3.94. The van der Waals surface area contributed by atoms with E-state index in [4.69, 9.17) is 9.47 Å². The van der Waals surface area contributed by atoms with Crippen molar-refractivity contribution in [2.24, 2.45) is 0 Å². The Kier molecular flexibility index (Phi) is 8.37. The van der Waals surface area contributed by atoms with Gasteiger partial charge in [0, 0.05) is 13.2 Å². The van der Waals surface area contributed by atoms with E-state index < -0.39 is 0 Å². The summed E-state index contributed by atoms with van der Waals surface area (Å²) < 4.78 is 10.1. The van der Waals surface area contributed by atoms with Crippen molar-refractivity contribution in [2.75, 3.05) is 26.4 Å². The van der Waals surface area contributed by atoms with Crippen molar-refractivity contribution in [2.45, 2.75) is 13.8 Å². The first-order valence-electron chi connectivity index (χ1n) is 3.72. The van der Waals surface area contributed by atoms with Crippen LogP contribution in [0.25, 0.3) is 0 Å². The first-order chi connectivity index (χ1) is 4.91. The molecule has 0 saturated heterocycles. The molecule has 0 aromatic heterocycles. The first-order valence-corrected chi connectivity index (χ1v) is 3.72. The lowest BCUT2D eigenvalue weighted by Crippen LogP contribution is -1.91. The second-order valence-electron chi connectivity index (χ2n) is 1.79. The van der Waals surface area contributed by atoms with E-state index in [0.29, 0.717) is 13.2 Å². The van der Waals surface area contributed by atoms with Crippen LogP contribution in [0.1, 0.15) is 13.8 Å². The van der Waals surface area contributed by atoms with Crippen molar-refractivity contribution >= 4 is 0 Å². The van der Waals surface area contributed by atoms with Gasteiger partial charge in [0.2, 0.25) is 0 Å². The van der Waals surface area contributed by atoms with Crippen molar-refractivity contribution in [3.63, 3.8) is 0 Å². The number of hydrogen-bond acceptors (Lipinski definition) is 2. The molecule has 0 N–H and O–H groups in total. The summed E-state index contributed by atoms with van der Waals surface area (Å²) in [5.74, 6) is 0. The molecule has 0 bridgehead atoms. The van der Waals surface area contributed by atoms with Crippen LogP contribution in [0, 0.1) is 0 Å². The van der Waals surface area contributed by atoms with Crippen LogP contribution in [0.5, 0.6) is 0 Å². The minimum atomic E-state index is 0.698. The average molecular weight is 144 g/mol. The molecule has 0 aromatic carbocycles. The topological polar surface area (TPSA) is 18.5 Å². The highest BCUT2D eigenvalue weighted by Crippen LogP contribution is 1.79. The minimum Gasteiger partial charge on any atom is -0.378 e. The van der Waals surface area contributed by atoms with E-state index in [1.54, 1.807) is 0 Å². The van der Waals surface area contributed by atoms with Gasteiger partial charge in [0.05, 0.1) is 13.2 Å². The Hall–Kier alpha value is -0.340. The Morgan fingerprint density at radius 1 is 0.900 bits per heavy atom. The third kappa shape index (κ3) is 7.66. The second-order valence-corrected chi connectivity index (χ2v) is 1.79. The van der Waals surface area contributed by atoms with E-state index in [-0.39, 0.29) is 0 Å². The maximum atomic E-state index is 5.07. The van der Waals surface area contributed by atoms with Crippen LogP contribution in [0.2, 0.25) is 0 Å². The fourth-order valence-electron chi connectivity index (χ4n) is 0.508. The van der Waals surface area contributed by atoms with Crippen molar-refractivity contribution in [1.82, 2.24) is 0 Å². The number of rotatable bonds is 6. The summed E-state index contributed by atoms with van der Waals surface area (Å²) in [5, 5.41) is 0. The molecule has 0 aliphatic rings. The van der Waals surface area contributed by atoms with Crippen LogP contribution in [0.3, 0.4) is 0 Å². The van der Waals surface area contributed by atoms with E-state index >= 15 is 0 Å². The summed E-state index contributed by atoms with van der Waals surface area (Å²) in [6.45, 7) is 6.91. The predicted molar refractivity (Wildman–Crippen MR) is 42.1 cm³/mol. The van der Waals surface area contributed by atoms with E-state index in [1.807, 2.05) is 26.0 Å². The van der Waals surface area contributed by atoms with Gasteiger partial charge in [0.1, 0.15) is 0 Å². The van der Waals surface area contributed by atoms with Crippen molar-refractivity contribution in [3.05, 3.63) is 12.2 Å². The third-order valence-electron chi connectivity index (χ3n) is 1.00. The summed E-state index contributed by atoms with van der Waals surface area (Å²) in [5.41, 5.74) is 0. The highest BCUT2D eigenvalue weighted by molar-refractivity contribution is 4.80. The van der Waals surface area contributed by atoms with E-state index in [0.717, 1.165) is 13.2 Å². The van der Waals surface area contributed by atoms with E-state index in [9.17, 15) is 0 Å². The summed E-state index contributed by atoms with van der Waals surface area (Å²) in [7, 11) is 0. The lowest BCUT2D eigenvalue weighted by atomic mass is 10.5. The van der Waals surface area contributed by atoms with Crippen LogP contribution < -0.4 is 0 Å². The molecule has 0 aliphatic carbocycles. The molecule has 0 rings (SSSR count). The van der Waals surface area contributed by atoms with Crippen LogP contribution in [0.15, 0.2) is 12.2 Å². The lowest BCUT2D eigenvalue weighted by Gasteiger charge is -1.94. The molecule has 0 atom stereocenters. The Morgan fingerprint density at radius 2 is 1.30 bits per heavy atom. The zero-order valence-electron chi connectivity index (χ0n) is 6.80. The SMILES string of the molecule is CCOC/C=C\COCC. The molecule has 0 heterocycles. The highest BCUT2D eigenvalue weighted by atomic mass is 16.5. The highest BCUT2D eigenvalue weighted by Gasteiger charge is 1.76. The monoisotopic (exact) mass is 144 g/mol. The molecule has 0 fully saturated rings. The Bertz CT molecular complexity index is 69.3. The van der Waals surface area contributed by atoms with E-state index in [1.165, 1.54) is 0 Å². The molecule has 0 unspecified atom stereocenters. The molecule has 0 saturated carbocycles. The van der Waals surface area contributed by atoms with Gasteiger partial charge in [-0.3, -0.25) is 0 Å². The smallest absolute Gasteiger partial charge is 0.0648 e. The second kappa shape index (κ2) is 8.66. The van der Waals surface area contributed by atoms with Crippen LogP contribution in [0.4, 0.5) is 0 Å². The van der Waals surface area contributed by atoms with Gasteiger partial charge in [-0.1, -0.05) is 12.2 Å². The quantitative estimate of drug-likeness (QED) is 0.416. The molecule has 60 valence electrons. The van der Waals surface area contributed by atoms with Gasteiger partial charge < -0.3 is 9.47 Å². The van der Waals surface area contributed by atoms with E-state index in [2.05, 4.69) is 0 Å². The zero-order valence-corrected chi connectivity index (χ0v) is 6.80. The standard InChI is InChI=1S/C8H16O2/c1-3-9-7-5-6-8-10-4-2/h5-6H,3-4,7-8H2,1-2H3/b6-5-. The molecule has 0 aromatic rings. The van der Waals surface area contributed by atoms with Gasteiger partial charge in [0.15, 0.2) is 0 Å². The number of hydrogen-bond donors (Lipinski definition) is 0. The summed E-state index contributed by atoms with van der Waals surface area (Å²) in [4.78, 5) is 0. The molecule has 0 amide bonds. The van der Waals surface area contributed by atoms with Crippen LogP contribution in [-0.4, -0.2) is 26.4 Å². The van der Waals surface area contributed by atoms with Crippen molar-refractivity contribution < 1.29 is 9.47 Å². The molecule has 2 heteroatoms. The fraction of sp³-hybridized carbons (Fsp3) is 0.750. The van der Waals surface area contributed by atoms with Gasteiger partial charge in [-0.15, -0.1) is 0 Å². The van der Waals surface area contributed by atoms with Crippen molar-refractivity contribution in [1.29, 1.82) is 0 Å². The Balaban J connectivity index is 2.89. The van der Waals surface area contributed by atoms with Gasteiger partial charge in [0.25, 0.3) is 0 Å². The maximum absolute atomic E-state index is 5.07. The molecular weight excluding hydrogens is 128 g/mol. The normalized spacial score (nSPS) is 11.0. The molecular formula is C8H16O2. The molecule has 0 aliphatic heterocycles. The minimum absolute atomic E-state index is 0.698. The number of ether oxygens (including phenoxy) is 2. The van der Waals surface area contributed by atoms with Gasteiger partial charge >= 0.3 is 0 Å². The maximum Gasteiger partial charge on any atom is 0.0648 e. The van der Waals surface area contributed by atoms with Crippen LogP contribution >= 0.6 is 0 Å². The Labute approximate surface area is 62.8 Å². The molecule has 2 nitrogen and oxygen atoms in total. The molecule has 0 radical (unpaired) electrons. The molecule has 10 heavy (non-hydrogen) atoms. The zero-order chi connectivity index (χ0) is 7.66. The first kappa shape index (κ1) is 9.66. The van der Waals surface area contributed by atoms with Gasteiger partial charge in [-0.2, -0.15) is 0 Å². The Morgan fingerprint density at radius 3 is 1.60 bits per heavy atom. The summed E-state index contributed by atoms with van der Waals surface area (Å²) >= 11 is 0. The fourth-order valence-corrected chi connectivity index (χ4v) is 0.508. The largest absolute Gasteiger partial charge is 0.378 e. The van der Waals surface area contributed by atoms with Crippen LogP contribution in [-0.2, 0) is 9.47 Å². The molecule has 0 spiro atoms.